The molecular formula is C21H21N3O5. The van der Waals surface area contributed by atoms with Gasteiger partial charge >= 0.3 is 5.97 Å². The minimum Gasteiger partial charge on any atom is -0.459 e. The third-order valence-electron chi connectivity index (χ3n) is 5.30. The lowest BCUT2D eigenvalue weighted by molar-refractivity contribution is -0.156. The maximum atomic E-state index is 13.2. The fraction of sp³-hybridized carbons (Fsp3) is 0.333. The Labute approximate surface area is 167 Å². The summed E-state index contributed by atoms with van der Waals surface area (Å²) in [6.45, 7) is 2.42. The van der Waals surface area contributed by atoms with Crippen molar-refractivity contribution in [3.8, 4) is 11.7 Å². The Morgan fingerprint density at radius 2 is 1.86 bits per heavy atom. The third-order valence-corrected chi connectivity index (χ3v) is 5.30. The van der Waals surface area contributed by atoms with Crippen LogP contribution in [0, 0.1) is 0 Å². The monoisotopic (exact) mass is 395 g/mol. The molecule has 0 atom stereocenters. The quantitative estimate of drug-likeness (QED) is 0.613. The molecule has 3 aromatic rings. The van der Waals surface area contributed by atoms with Crippen molar-refractivity contribution >= 4 is 11.9 Å². The highest BCUT2D eigenvalue weighted by atomic mass is 16.5. The summed E-state index contributed by atoms with van der Waals surface area (Å²) in [6, 6.07) is 13.0. The number of aromatic nitrogens is 2. The average Bonchev–Trinajstić information content (AvgIpc) is 3.44. The van der Waals surface area contributed by atoms with Crippen LogP contribution in [-0.4, -0.2) is 40.1 Å². The van der Waals surface area contributed by atoms with Crippen LogP contribution in [0.25, 0.3) is 11.7 Å². The summed E-state index contributed by atoms with van der Waals surface area (Å²) in [7, 11) is 0. The van der Waals surface area contributed by atoms with Crippen LogP contribution >= 0.6 is 0 Å². The lowest BCUT2D eigenvalue weighted by Gasteiger charge is -2.39. The summed E-state index contributed by atoms with van der Waals surface area (Å²) >= 11 is 0. The molecule has 0 spiro atoms. The fourth-order valence-electron chi connectivity index (χ4n) is 3.65. The summed E-state index contributed by atoms with van der Waals surface area (Å²) in [5, 5.41) is 7.82. The van der Waals surface area contributed by atoms with Crippen molar-refractivity contribution in [1.82, 2.24) is 15.1 Å². The molecule has 0 saturated carbocycles. The Bertz CT molecular complexity index is 973. The smallest absolute Gasteiger partial charge is 0.317 e. The minimum absolute atomic E-state index is 0.0105. The van der Waals surface area contributed by atoms with Gasteiger partial charge in [-0.3, -0.25) is 9.59 Å². The van der Waals surface area contributed by atoms with Gasteiger partial charge < -0.3 is 18.5 Å². The molecule has 2 aromatic heterocycles. The molecule has 1 amide bonds. The van der Waals surface area contributed by atoms with Gasteiger partial charge in [-0.25, -0.2) is 0 Å². The van der Waals surface area contributed by atoms with Gasteiger partial charge in [0.15, 0.2) is 12.4 Å². The van der Waals surface area contributed by atoms with Crippen molar-refractivity contribution in [2.24, 2.45) is 0 Å². The van der Waals surface area contributed by atoms with E-state index in [2.05, 4.69) is 10.2 Å². The summed E-state index contributed by atoms with van der Waals surface area (Å²) in [5.74, 6) is 0.524. The first kappa shape index (κ1) is 18.9. The number of hydrogen-bond acceptors (Lipinski definition) is 7. The molecule has 8 nitrogen and oxygen atoms in total. The van der Waals surface area contributed by atoms with Crippen LogP contribution in [0.4, 0.5) is 0 Å². The zero-order valence-corrected chi connectivity index (χ0v) is 16.0. The zero-order chi connectivity index (χ0) is 20.3. The van der Waals surface area contributed by atoms with Crippen LogP contribution in [0.5, 0.6) is 0 Å². The minimum atomic E-state index is -0.808. The molecule has 150 valence electrons. The zero-order valence-electron chi connectivity index (χ0n) is 16.0. The van der Waals surface area contributed by atoms with Gasteiger partial charge in [-0.05, 0) is 30.5 Å². The first-order chi connectivity index (χ1) is 14.1. The molecule has 0 N–H and O–H groups in total. The summed E-state index contributed by atoms with van der Waals surface area (Å²) in [5.41, 5.74) is 0.0758. The predicted octanol–water partition coefficient (Wildman–Crippen LogP) is 2.95. The third kappa shape index (κ3) is 3.78. The van der Waals surface area contributed by atoms with Crippen LogP contribution in [0.2, 0.25) is 0 Å². The van der Waals surface area contributed by atoms with E-state index in [1.807, 2.05) is 30.3 Å². The van der Waals surface area contributed by atoms with Gasteiger partial charge in [0.25, 0.3) is 11.8 Å². The highest BCUT2D eigenvalue weighted by molar-refractivity contribution is 5.84. The number of carbonyl (C=O) groups is 2. The van der Waals surface area contributed by atoms with E-state index in [1.54, 1.807) is 24.0 Å². The fourth-order valence-corrected chi connectivity index (χ4v) is 3.65. The molecule has 8 heteroatoms. The normalized spacial score (nSPS) is 15.8. The van der Waals surface area contributed by atoms with Crippen molar-refractivity contribution in [1.29, 1.82) is 0 Å². The van der Waals surface area contributed by atoms with E-state index in [4.69, 9.17) is 13.6 Å². The molecule has 0 aliphatic carbocycles. The van der Waals surface area contributed by atoms with E-state index in [0.717, 1.165) is 5.56 Å². The number of nitrogens with zero attached hydrogens (tertiary/aromatic N) is 3. The highest BCUT2D eigenvalue weighted by Crippen LogP contribution is 2.37. The van der Waals surface area contributed by atoms with Gasteiger partial charge in [-0.2, -0.15) is 0 Å². The second kappa shape index (κ2) is 7.90. The van der Waals surface area contributed by atoms with Crippen molar-refractivity contribution < 1.29 is 23.2 Å². The number of hydrogen-bond donors (Lipinski definition) is 0. The predicted molar refractivity (Wildman–Crippen MR) is 101 cm³/mol. The second-order valence-electron chi connectivity index (χ2n) is 7.01. The van der Waals surface area contributed by atoms with Crippen molar-refractivity contribution in [2.75, 3.05) is 13.1 Å². The molecule has 1 saturated heterocycles. The number of amides is 1. The maximum absolute atomic E-state index is 13.2. The molecule has 3 heterocycles. The second-order valence-corrected chi connectivity index (χ2v) is 7.01. The van der Waals surface area contributed by atoms with Crippen LogP contribution in [0.3, 0.4) is 0 Å². The highest BCUT2D eigenvalue weighted by Gasteiger charge is 2.44. The Hall–Kier alpha value is -3.42. The molecule has 1 fully saturated rings. The lowest BCUT2D eigenvalue weighted by Crippen LogP contribution is -2.49. The number of rotatable bonds is 5. The standard InChI is InChI=1S/C21H21N3O5/c1-15(25)24-11-9-21(10-12-24,16-6-3-2-4-7-16)20(26)28-14-18-22-23-19(29-18)17-8-5-13-27-17/h2-8,13H,9-12,14H2,1H3. The summed E-state index contributed by atoms with van der Waals surface area (Å²) in [4.78, 5) is 26.6. The van der Waals surface area contributed by atoms with Gasteiger partial charge in [-0.15, -0.1) is 10.2 Å². The van der Waals surface area contributed by atoms with E-state index in [-0.39, 0.29) is 30.3 Å². The van der Waals surface area contributed by atoms with Crippen LogP contribution in [0.15, 0.2) is 57.6 Å². The Kier molecular flexibility index (Phi) is 5.16. The van der Waals surface area contributed by atoms with Crippen LogP contribution in [0.1, 0.15) is 31.2 Å². The number of furan rings is 1. The van der Waals surface area contributed by atoms with E-state index >= 15 is 0 Å². The molecule has 0 unspecified atom stereocenters. The Morgan fingerprint density at radius 3 is 2.52 bits per heavy atom. The summed E-state index contributed by atoms with van der Waals surface area (Å²) in [6.07, 6.45) is 2.50. The molecule has 0 bridgehead atoms. The SMILES string of the molecule is CC(=O)N1CCC(C(=O)OCc2nnc(-c3ccco3)o2)(c2ccccc2)CC1. The van der Waals surface area contributed by atoms with Crippen LogP contribution < -0.4 is 0 Å². The summed E-state index contributed by atoms with van der Waals surface area (Å²) < 4.78 is 16.3. The number of piperidine rings is 1. The first-order valence-corrected chi connectivity index (χ1v) is 9.43. The topological polar surface area (TPSA) is 98.7 Å². The number of carbonyl (C=O) groups excluding carboxylic acids is 2. The molecular weight excluding hydrogens is 374 g/mol. The average molecular weight is 395 g/mol. The number of ether oxygens (including phenoxy) is 1. The first-order valence-electron chi connectivity index (χ1n) is 9.43. The maximum Gasteiger partial charge on any atom is 0.317 e. The van der Waals surface area contributed by atoms with Gasteiger partial charge in [0, 0.05) is 20.0 Å². The van der Waals surface area contributed by atoms with Crippen molar-refractivity contribution in [3.63, 3.8) is 0 Å². The van der Waals surface area contributed by atoms with Crippen molar-refractivity contribution in [3.05, 3.63) is 60.2 Å². The molecule has 1 aliphatic heterocycles. The number of esters is 1. The lowest BCUT2D eigenvalue weighted by atomic mass is 9.72. The molecule has 1 aliphatic rings. The van der Waals surface area contributed by atoms with Crippen molar-refractivity contribution in [2.45, 2.75) is 31.8 Å². The van der Waals surface area contributed by atoms with E-state index in [0.29, 0.717) is 31.7 Å². The number of likely N-dealkylation sites (tertiary alicyclic amines) is 1. The largest absolute Gasteiger partial charge is 0.459 e. The van der Waals surface area contributed by atoms with Gasteiger partial charge in [0.05, 0.1) is 11.7 Å². The molecule has 0 radical (unpaired) electrons. The Morgan fingerprint density at radius 1 is 1.10 bits per heavy atom. The van der Waals surface area contributed by atoms with Crippen LogP contribution in [-0.2, 0) is 26.3 Å². The van der Waals surface area contributed by atoms with Gasteiger partial charge in [-0.1, -0.05) is 30.3 Å². The Balaban J connectivity index is 1.50. The van der Waals surface area contributed by atoms with E-state index in [1.165, 1.54) is 6.26 Å². The van der Waals surface area contributed by atoms with E-state index in [9.17, 15) is 9.59 Å². The molecule has 29 heavy (non-hydrogen) atoms. The van der Waals surface area contributed by atoms with Gasteiger partial charge in [0.2, 0.25) is 5.91 Å². The molecule has 4 rings (SSSR count). The van der Waals surface area contributed by atoms with E-state index < -0.39 is 5.41 Å². The molecule has 1 aromatic carbocycles. The van der Waals surface area contributed by atoms with Gasteiger partial charge in [0.1, 0.15) is 0 Å². The number of benzene rings is 1.